The van der Waals surface area contributed by atoms with Gasteiger partial charge in [-0.15, -0.1) is 0 Å². The van der Waals surface area contributed by atoms with Crippen LogP contribution in [0, 0.1) is 0 Å². The molecule has 2 N–H and O–H groups in total. The average molecular weight is 295 g/mol. The van der Waals surface area contributed by atoms with Gasteiger partial charge < -0.3 is 10.2 Å². The summed E-state index contributed by atoms with van der Waals surface area (Å²) in [5.41, 5.74) is 1.56. The molecule has 1 atom stereocenters. The number of nitrogens with zero attached hydrogens (tertiary/aromatic N) is 1. The molecule has 1 saturated heterocycles. The van der Waals surface area contributed by atoms with Gasteiger partial charge in [0.05, 0.1) is 11.3 Å². The fraction of sp³-hybridized carbons (Fsp3) is 0.462. The predicted octanol–water partition coefficient (Wildman–Crippen LogP) is -0.154. The van der Waals surface area contributed by atoms with E-state index in [9.17, 15) is 13.2 Å². The third kappa shape index (κ3) is 2.32. The molecule has 108 valence electrons. The molecule has 1 fully saturated rings. The second kappa shape index (κ2) is 4.83. The third-order valence-electron chi connectivity index (χ3n) is 3.82. The van der Waals surface area contributed by atoms with Gasteiger partial charge in [0.1, 0.15) is 0 Å². The maximum absolute atomic E-state index is 12.3. The summed E-state index contributed by atoms with van der Waals surface area (Å²) in [7, 11) is -1.82. The number of anilines is 1. The number of rotatable bonds is 3. The van der Waals surface area contributed by atoms with Crippen LogP contribution in [0.1, 0.15) is 12.0 Å². The summed E-state index contributed by atoms with van der Waals surface area (Å²) >= 11 is 0. The minimum absolute atomic E-state index is 0.0116. The van der Waals surface area contributed by atoms with Gasteiger partial charge >= 0.3 is 0 Å². The molecule has 3 rings (SSSR count). The maximum atomic E-state index is 12.3. The number of fused-ring (bicyclic) bond motifs is 1. The smallest absolute Gasteiger partial charge is 0.240 e. The fourth-order valence-electron chi connectivity index (χ4n) is 2.66. The first-order valence-electron chi connectivity index (χ1n) is 6.60. The standard InChI is InChI=1S/C13H17N3O3S/c1-16-12-3-2-11(6-9(12)7-13(16)17)20(18,19)15-10-4-5-14-8-10/h2-3,6,10,14-15H,4-5,7-8H2,1H3/t10-/m0/s1. The van der Waals surface area contributed by atoms with Crippen molar-refractivity contribution in [3.63, 3.8) is 0 Å². The highest BCUT2D eigenvalue weighted by Crippen LogP contribution is 2.29. The number of nitrogens with one attached hydrogen (secondary N) is 2. The van der Waals surface area contributed by atoms with Crippen molar-refractivity contribution in [3.8, 4) is 0 Å². The summed E-state index contributed by atoms with van der Waals surface area (Å²) in [5.74, 6) is -0.0116. The van der Waals surface area contributed by atoms with Crippen LogP contribution in [0.25, 0.3) is 0 Å². The molecular formula is C13H17N3O3S. The fourth-order valence-corrected chi connectivity index (χ4v) is 3.98. The van der Waals surface area contributed by atoms with Crippen LogP contribution in [0.3, 0.4) is 0 Å². The summed E-state index contributed by atoms with van der Waals surface area (Å²) in [4.78, 5) is 13.4. The molecule has 0 aromatic heterocycles. The molecule has 0 saturated carbocycles. The van der Waals surface area contributed by atoms with E-state index in [2.05, 4.69) is 10.0 Å². The highest BCUT2D eigenvalue weighted by Gasteiger charge is 2.27. The number of amides is 1. The van der Waals surface area contributed by atoms with Crippen LogP contribution in [0.4, 0.5) is 5.69 Å². The molecule has 2 aliphatic rings. The molecule has 0 aliphatic carbocycles. The van der Waals surface area contributed by atoms with Crippen LogP contribution in [-0.4, -0.2) is 40.5 Å². The van der Waals surface area contributed by atoms with Gasteiger partial charge in [-0.3, -0.25) is 4.79 Å². The van der Waals surface area contributed by atoms with Gasteiger partial charge in [0.25, 0.3) is 0 Å². The summed E-state index contributed by atoms with van der Waals surface area (Å²) in [5, 5.41) is 3.12. The van der Waals surface area contributed by atoms with Crippen LogP contribution >= 0.6 is 0 Å². The Morgan fingerprint density at radius 3 is 2.90 bits per heavy atom. The molecule has 0 spiro atoms. The van der Waals surface area contributed by atoms with E-state index in [-0.39, 0.29) is 23.3 Å². The Hall–Kier alpha value is -1.44. The minimum atomic E-state index is -3.52. The molecular weight excluding hydrogens is 278 g/mol. The highest BCUT2D eigenvalue weighted by molar-refractivity contribution is 7.89. The van der Waals surface area contributed by atoms with Crippen LogP contribution in [0.2, 0.25) is 0 Å². The molecule has 6 nitrogen and oxygen atoms in total. The molecule has 2 heterocycles. The van der Waals surface area contributed by atoms with Crippen LogP contribution in [0.5, 0.6) is 0 Å². The van der Waals surface area contributed by atoms with Crippen LogP contribution < -0.4 is 14.9 Å². The van der Waals surface area contributed by atoms with Crippen molar-refractivity contribution in [2.45, 2.75) is 23.8 Å². The summed E-state index contributed by atoms with van der Waals surface area (Å²) < 4.78 is 27.3. The highest BCUT2D eigenvalue weighted by atomic mass is 32.2. The van der Waals surface area contributed by atoms with E-state index < -0.39 is 10.0 Å². The summed E-state index contributed by atoms with van der Waals surface area (Å²) in [6.07, 6.45) is 1.06. The van der Waals surface area contributed by atoms with Gasteiger partial charge in [-0.25, -0.2) is 13.1 Å². The van der Waals surface area contributed by atoms with Gasteiger partial charge in [0.2, 0.25) is 15.9 Å². The SMILES string of the molecule is CN1C(=O)Cc2cc(S(=O)(=O)N[C@H]3CCNC3)ccc21. The molecule has 0 unspecified atom stereocenters. The van der Waals surface area contributed by atoms with Gasteiger partial charge in [0.15, 0.2) is 0 Å². The Bertz CT molecular complexity index is 651. The lowest BCUT2D eigenvalue weighted by atomic mass is 10.2. The number of hydrogen-bond donors (Lipinski definition) is 2. The number of benzene rings is 1. The second-order valence-corrected chi connectivity index (χ2v) is 6.95. The Morgan fingerprint density at radius 2 is 2.20 bits per heavy atom. The third-order valence-corrected chi connectivity index (χ3v) is 5.34. The van der Waals surface area contributed by atoms with E-state index in [0.717, 1.165) is 24.2 Å². The summed E-state index contributed by atoms with van der Waals surface area (Å²) in [6, 6.07) is 4.79. The quantitative estimate of drug-likeness (QED) is 0.812. The van der Waals surface area contributed by atoms with Crippen molar-refractivity contribution in [2.75, 3.05) is 25.0 Å². The predicted molar refractivity (Wildman–Crippen MR) is 75.2 cm³/mol. The lowest BCUT2D eigenvalue weighted by Gasteiger charge is -2.14. The van der Waals surface area contributed by atoms with Crippen molar-refractivity contribution in [1.29, 1.82) is 0 Å². The zero-order valence-corrected chi connectivity index (χ0v) is 12.0. The molecule has 1 aromatic carbocycles. The first-order chi connectivity index (χ1) is 9.47. The van der Waals surface area contributed by atoms with Crippen LogP contribution in [-0.2, 0) is 21.2 Å². The molecule has 0 radical (unpaired) electrons. The molecule has 1 amide bonds. The Labute approximate surface area is 118 Å². The molecule has 1 aromatic rings. The number of likely N-dealkylation sites (N-methyl/N-ethyl adjacent to an activating group) is 1. The van der Waals surface area contributed by atoms with Gasteiger partial charge in [-0.1, -0.05) is 0 Å². The van der Waals surface area contributed by atoms with Crippen molar-refractivity contribution < 1.29 is 13.2 Å². The topological polar surface area (TPSA) is 78.5 Å². The van der Waals surface area contributed by atoms with Gasteiger partial charge in [-0.05, 0) is 36.7 Å². The van der Waals surface area contributed by atoms with E-state index in [0.29, 0.717) is 6.54 Å². The number of carbonyl (C=O) groups excluding carboxylic acids is 1. The number of sulfonamides is 1. The van der Waals surface area contributed by atoms with E-state index >= 15 is 0 Å². The van der Waals surface area contributed by atoms with E-state index in [1.807, 2.05) is 0 Å². The largest absolute Gasteiger partial charge is 0.315 e. The zero-order valence-electron chi connectivity index (χ0n) is 11.2. The molecule has 20 heavy (non-hydrogen) atoms. The van der Waals surface area contributed by atoms with Crippen molar-refractivity contribution in [2.24, 2.45) is 0 Å². The molecule has 0 bridgehead atoms. The van der Waals surface area contributed by atoms with Crippen molar-refractivity contribution in [3.05, 3.63) is 23.8 Å². The Morgan fingerprint density at radius 1 is 1.40 bits per heavy atom. The summed E-state index contributed by atoms with van der Waals surface area (Å²) in [6.45, 7) is 1.49. The molecule has 2 aliphatic heterocycles. The van der Waals surface area contributed by atoms with Gasteiger partial charge in [-0.2, -0.15) is 0 Å². The van der Waals surface area contributed by atoms with E-state index in [1.54, 1.807) is 30.1 Å². The maximum Gasteiger partial charge on any atom is 0.240 e. The Balaban J connectivity index is 1.87. The minimum Gasteiger partial charge on any atom is -0.315 e. The number of hydrogen-bond acceptors (Lipinski definition) is 4. The number of carbonyl (C=O) groups is 1. The normalized spacial score (nSPS) is 22.4. The Kier molecular flexibility index (Phi) is 3.27. The van der Waals surface area contributed by atoms with Gasteiger partial charge in [0, 0.05) is 25.3 Å². The van der Waals surface area contributed by atoms with E-state index in [4.69, 9.17) is 0 Å². The second-order valence-electron chi connectivity index (χ2n) is 5.23. The van der Waals surface area contributed by atoms with E-state index in [1.165, 1.54) is 0 Å². The van der Waals surface area contributed by atoms with Crippen LogP contribution in [0.15, 0.2) is 23.1 Å². The molecule has 7 heteroatoms. The lowest BCUT2D eigenvalue weighted by molar-refractivity contribution is -0.117. The monoisotopic (exact) mass is 295 g/mol. The van der Waals surface area contributed by atoms with Crippen molar-refractivity contribution >= 4 is 21.6 Å². The van der Waals surface area contributed by atoms with Crippen molar-refractivity contribution in [1.82, 2.24) is 10.0 Å². The first kappa shape index (κ1) is 13.5. The first-order valence-corrected chi connectivity index (χ1v) is 8.08. The lowest BCUT2D eigenvalue weighted by Crippen LogP contribution is -2.36. The zero-order chi connectivity index (χ0) is 14.3. The average Bonchev–Trinajstić information content (AvgIpc) is 2.98.